The molecule has 0 bridgehead atoms. The van der Waals surface area contributed by atoms with Crippen molar-refractivity contribution in [2.75, 3.05) is 26.1 Å². The van der Waals surface area contributed by atoms with Gasteiger partial charge in [0.25, 0.3) is 10.1 Å². The number of hydrogen-bond acceptors (Lipinski definition) is 5. The van der Waals surface area contributed by atoms with Crippen LogP contribution in [-0.4, -0.2) is 40.8 Å². The van der Waals surface area contributed by atoms with E-state index in [1.165, 1.54) is 5.56 Å². The second-order valence-corrected chi connectivity index (χ2v) is 8.19. The molecule has 0 amide bonds. The third-order valence-electron chi connectivity index (χ3n) is 4.19. The van der Waals surface area contributed by atoms with Gasteiger partial charge in [0.2, 0.25) is 0 Å². The zero-order valence-corrected chi connectivity index (χ0v) is 15.6. The Morgan fingerprint density at radius 3 is 2.48 bits per heavy atom. The first-order chi connectivity index (χ1) is 11.9. The molecule has 136 valence electrons. The quantitative estimate of drug-likeness (QED) is 0.561. The van der Waals surface area contributed by atoms with Gasteiger partial charge in [0.1, 0.15) is 0 Å². The first-order valence-corrected chi connectivity index (χ1v) is 10.4. The molecular weight excluding hydrogens is 364 g/mol. The molecule has 0 spiro atoms. The lowest BCUT2D eigenvalue weighted by molar-refractivity contribution is -0.190. The van der Waals surface area contributed by atoms with Gasteiger partial charge in [-0.3, -0.25) is 4.18 Å². The second-order valence-electron chi connectivity index (χ2n) is 6.14. The number of fused-ring (bicyclic) bond motifs is 1. The predicted octanol–water partition coefficient (Wildman–Crippen LogP) is 3.71. The summed E-state index contributed by atoms with van der Waals surface area (Å²) in [5, 5.41) is 2.88. The van der Waals surface area contributed by atoms with Gasteiger partial charge >= 0.3 is 0 Å². The van der Waals surface area contributed by atoms with Crippen molar-refractivity contribution in [2.45, 2.75) is 25.0 Å². The lowest BCUT2D eigenvalue weighted by atomic mass is 9.94. The minimum atomic E-state index is -3.39. The van der Waals surface area contributed by atoms with E-state index in [4.69, 9.17) is 25.3 Å². The summed E-state index contributed by atoms with van der Waals surface area (Å²) in [7, 11) is -3.39. The van der Waals surface area contributed by atoms with Crippen molar-refractivity contribution in [3.8, 4) is 0 Å². The van der Waals surface area contributed by atoms with Crippen LogP contribution >= 0.6 is 11.6 Å². The molecule has 1 aliphatic heterocycles. The Labute approximate surface area is 153 Å². The average Bonchev–Trinajstić information content (AvgIpc) is 2.59. The summed E-state index contributed by atoms with van der Waals surface area (Å²) in [6.45, 7) is 1.26. The van der Waals surface area contributed by atoms with Crippen molar-refractivity contribution in [3.63, 3.8) is 0 Å². The van der Waals surface area contributed by atoms with Crippen LogP contribution in [0.5, 0.6) is 0 Å². The molecule has 1 aliphatic rings. The standard InChI is InChI=1S/C18H21ClO5S/c1-25(20,21)24-10-4-7-18-22-11-13(12-23-18)14-8-9-17(19)16-6-3-2-5-15(14)16/h2-3,5-6,8-9,13,18H,4,7,10-12H2,1H3/t13-,18-. The van der Waals surface area contributed by atoms with E-state index in [9.17, 15) is 8.42 Å². The van der Waals surface area contributed by atoms with Crippen molar-refractivity contribution < 1.29 is 22.1 Å². The molecule has 3 rings (SSSR count). The largest absolute Gasteiger partial charge is 0.352 e. The maximum absolute atomic E-state index is 10.9. The minimum absolute atomic E-state index is 0.144. The molecule has 2 aromatic rings. The van der Waals surface area contributed by atoms with Crippen molar-refractivity contribution in [1.29, 1.82) is 0 Å². The highest BCUT2D eigenvalue weighted by molar-refractivity contribution is 7.85. The van der Waals surface area contributed by atoms with Gasteiger partial charge in [0.15, 0.2) is 6.29 Å². The third-order valence-corrected chi connectivity index (χ3v) is 5.12. The molecule has 0 unspecified atom stereocenters. The van der Waals surface area contributed by atoms with Gasteiger partial charge in [0.05, 0.1) is 26.1 Å². The Hall–Kier alpha value is -1.18. The lowest BCUT2D eigenvalue weighted by Crippen LogP contribution is -2.31. The summed E-state index contributed by atoms with van der Waals surface area (Å²) in [6, 6.07) is 12.0. The summed E-state index contributed by atoms with van der Waals surface area (Å²) in [4.78, 5) is 0. The van der Waals surface area contributed by atoms with Gasteiger partial charge in [-0.05, 0) is 23.4 Å². The van der Waals surface area contributed by atoms with Gasteiger partial charge in [-0.15, -0.1) is 0 Å². The molecule has 1 fully saturated rings. The van der Waals surface area contributed by atoms with Gasteiger partial charge in [0, 0.05) is 22.7 Å². The van der Waals surface area contributed by atoms with Crippen LogP contribution in [0.15, 0.2) is 36.4 Å². The number of rotatable bonds is 6. The second kappa shape index (κ2) is 8.01. The van der Waals surface area contributed by atoms with Crippen molar-refractivity contribution in [3.05, 3.63) is 47.0 Å². The smallest absolute Gasteiger partial charge is 0.264 e. The summed E-state index contributed by atoms with van der Waals surface area (Å²) in [6.07, 6.45) is 1.88. The molecule has 25 heavy (non-hydrogen) atoms. The van der Waals surface area contributed by atoms with Crippen LogP contribution in [0.3, 0.4) is 0 Å². The van der Waals surface area contributed by atoms with Crippen LogP contribution in [0.25, 0.3) is 10.8 Å². The molecule has 2 aromatic carbocycles. The number of hydrogen-bond donors (Lipinski definition) is 0. The van der Waals surface area contributed by atoms with E-state index >= 15 is 0 Å². The van der Waals surface area contributed by atoms with Crippen LogP contribution in [-0.2, 0) is 23.8 Å². The van der Waals surface area contributed by atoms with Crippen molar-refractivity contribution in [1.82, 2.24) is 0 Å². The first-order valence-electron chi connectivity index (χ1n) is 8.19. The molecule has 1 heterocycles. The SMILES string of the molecule is CS(=O)(=O)OCCC[C@H]1OC[C@H](c2ccc(Cl)c3ccccc32)CO1. The summed E-state index contributed by atoms with van der Waals surface area (Å²) in [5.41, 5.74) is 1.17. The average molecular weight is 385 g/mol. The highest BCUT2D eigenvalue weighted by Crippen LogP contribution is 2.33. The Morgan fingerprint density at radius 2 is 1.80 bits per heavy atom. The van der Waals surface area contributed by atoms with Crippen LogP contribution in [0.2, 0.25) is 5.02 Å². The summed E-state index contributed by atoms with van der Waals surface area (Å²) in [5.74, 6) is 0.144. The highest BCUT2D eigenvalue weighted by atomic mass is 35.5. The topological polar surface area (TPSA) is 61.8 Å². The third kappa shape index (κ3) is 4.92. The molecule has 0 saturated carbocycles. The first kappa shape index (κ1) is 18.6. The van der Waals surface area contributed by atoms with E-state index in [1.54, 1.807) is 0 Å². The zero-order chi connectivity index (χ0) is 17.9. The summed E-state index contributed by atoms with van der Waals surface area (Å²) < 4.78 is 38.1. The molecule has 0 radical (unpaired) electrons. The van der Waals surface area contributed by atoms with E-state index < -0.39 is 10.1 Å². The Balaban J connectivity index is 1.57. The fraction of sp³-hybridized carbons (Fsp3) is 0.444. The van der Waals surface area contributed by atoms with Gasteiger partial charge in [-0.2, -0.15) is 8.42 Å². The van der Waals surface area contributed by atoms with Crippen LogP contribution in [0, 0.1) is 0 Å². The molecule has 0 atom stereocenters. The fourth-order valence-electron chi connectivity index (χ4n) is 2.99. The lowest BCUT2D eigenvalue weighted by Gasteiger charge is -2.30. The minimum Gasteiger partial charge on any atom is -0.352 e. The molecule has 0 aliphatic carbocycles. The Kier molecular flexibility index (Phi) is 5.96. The van der Waals surface area contributed by atoms with E-state index in [1.807, 2.05) is 30.3 Å². The molecule has 7 heteroatoms. The van der Waals surface area contributed by atoms with Crippen LogP contribution < -0.4 is 0 Å². The monoisotopic (exact) mass is 384 g/mol. The summed E-state index contributed by atoms with van der Waals surface area (Å²) >= 11 is 6.28. The van der Waals surface area contributed by atoms with Crippen molar-refractivity contribution in [2.24, 2.45) is 0 Å². The molecule has 0 aromatic heterocycles. The molecule has 1 saturated heterocycles. The van der Waals surface area contributed by atoms with E-state index in [2.05, 4.69) is 6.07 Å². The number of ether oxygens (including phenoxy) is 2. The maximum Gasteiger partial charge on any atom is 0.264 e. The van der Waals surface area contributed by atoms with Gasteiger partial charge in [-0.1, -0.05) is 41.9 Å². The van der Waals surface area contributed by atoms with E-state index in [0.29, 0.717) is 26.1 Å². The highest BCUT2D eigenvalue weighted by Gasteiger charge is 2.24. The van der Waals surface area contributed by atoms with Crippen LogP contribution in [0.1, 0.15) is 24.3 Å². The number of benzene rings is 2. The molecular formula is C18H21ClO5S. The molecule has 0 N–H and O–H groups in total. The number of halogens is 1. The Morgan fingerprint density at radius 1 is 1.12 bits per heavy atom. The Bertz CT molecular complexity index is 828. The van der Waals surface area contributed by atoms with Crippen LogP contribution in [0.4, 0.5) is 0 Å². The maximum atomic E-state index is 10.9. The van der Waals surface area contributed by atoms with Crippen molar-refractivity contribution >= 4 is 32.5 Å². The van der Waals surface area contributed by atoms with Gasteiger partial charge < -0.3 is 9.47 Å². The van der Waals surface area contributed by atoms with Gasteiger partial charge in [-0.25, -0.2) is 0 Å². The normalized spacial score (nSPS) is 21.5. The van der Waals surface area contributed by atoms with E-state index in [-0.39, 0.29) is 18.8 Å². The predicted molar refractivity (Wildman–Crippen MR) is 97.4 cm³/mol. The molecule has 5 nitrogen and oxygen atoms in total. The zero-order valence-electron chi connectivity index (χ0n) is 14.0. The fourth-order valence-corrected chi connectivity index (χ4v) is 3.64. The van der Waals surface area contributed by atoms with E-state index in [0.717, 1.165) is 22.1 Å².